The average Bonchev–Trinajstić information content (AvgIpc) is 2.29. The Hall–Kier alpha value is -1.62. The van der Waals surface area contributed by atoms with Crippen LogP contribution in [0.25, 0.3) is 0 Å². The highest BCUT2D eigenvalue weighted by molar-refractivity contribution is 5.79. The summed E-state index contributed by atoms with van der Waals surface area (Å²) in [7, 11) is 1.18. The number of hydrogen-bond donors (Lipinski definition) is 2. The molecule has 0 spiro atoms. The summed E-state index contributed by atoms with van der Waals surface area (Å²) in [5.41, 5.74) is -0.564. The molecule has 0 amide bonds. The van der Waals surface area contributed by atoms with Crippen molar-refractivity contribution >= 4 is 11.7 Å². The second-order valence-electron chi connectivity index (χ2n) is 4.10. The maximum atomic E-state index is 13.4. The number of methoxy groups -OCH3 is 1. The molecule has 0 bridgehead atoms. The van der Waals surface area contributed by atoms with E-state index >= 15 is 0 Å². The van der Waals surface area contributed by atoms with Crippen LogP contribution in [0.5, 0.6) is 0 Å². The summed E-state index contributed by atoms with van der Waals surface area (Å²) >= 11 is 0. The number of hydrogen-bond acceptors (Lipinski definition) is 4. The number of nitrogens with one attached hydrogen (secondary N) is 1. The van der Waals surface area contributed by atoms with Crippen LogP contribution in [0.3, 0.4) is 0 Å². The quantitative estimate of drug-likeness (QED) is 0.784. The number of rotatable bonds is 4. The van der Waals surface area contributed by atoms with Gasteiger partial charge in [-0.3, -0.25) is 0 Å². The third kappa shape index (κ3) is 3.42. The highest BCUT2D eigenvalue weighted by Crippen LogP contribution is 2.17. The standard InChI is InChI=1S/C12H16FNO3/c1-8-4-5-9(13)10(6-8)14-7-12(2,16)11(15)17-3/h4-6,14,16H,7H2,1-3H3. The lowest BCUT2D eigenvalue weighted by molar-refractivity contribution is -0.158. The Morgan fingerprint density at radius 2 is 2.24 bits per heavy atom. The van der Waals surface area contributed by atoms with E-state index in [1.54, 1.807) is 12.1 Å². The van der Waals surface area contributed by atoms with Crippen LogP contribution in [0.15, 0.2) is 18.2 Å². The number of carbonyl (C=O) groups excluding carboxylic acids is 1. The lowest BCUT2D eigenvalue weighted by atomic mass is 10.1. The van der Waals surface area contributed by atoms with Crippen LogP contribution in [0.2, 0.25) is 0 Å². The molecular weight excluding hydrogens is 225 g/mol. The number of carbonyl (C=O) groups is 1. The molecule has 0 aromatic heterocycles. The molecule has 1 unspecified atom stereocenters. The van der Waals surface area contributed by atoms with E-state index in [0.717, 1.165) is 5.56 Å². The molecule has 94 valence electrons. The van der Waals surface area contributed by atoms with Gasteiger partial charge in [-0.25, -0.2) is 9.18 Å². The predicted octanol–water partition coefficient (Wildman–Crippen LogP) is 1.47. The normalized spacial score (nSPS) is 13.9. The number of aryl methyl sites for hydroxylation is 1. The van der Waals surface area contributed by atoms with Gasteiger partial charge in [0.25, 0.3) is 0 Å². The SMILES string of the molecule is COC(=O)C(C)(O)CNc1cc(C)ccc1F. The highest BCUT2D eigenvalue weighted by atomic mass is 19.1. The number of esters is 1. The first-order valence-corrected chi connectivity index (χ1v) is 5.17. The van der Waals surface area contributed by atoms with Gasteiger partial charge in [0.1, 0.15) is 5.82 Å². The molecule has 4 nitrogen and oxygen atoms in total. The molecule has 5 heteroatoms. The molecular formula is C12H16FNO3. The van der Waals surface area contributed by atoms with Crippen molar-refractivity contribution in [1.82, 2.24) is 0 Å². The molecule has 0 saturated carbocycles. The topological polar surface area (TPSA) is 58.6 Å². The number of ether oxygens (including phenoxy) is 1. The molecule has 1 aromatic rings. The molecule has 1 aromatic carbocycles. The fraction of sp³-hybridized carbons (Fsp3) is 0.417. The molecule has 1 atom stereocenters. The summed E-state index contributed by atoms with van der Waals surface area (Å²) in [6.07, 6.45) is 0. The van der Waals surface area contributed by atoms with E-state index in [2.05, 4.69) is 10.1 Å². The first-order valence-electron chi connectivity index (χ1n) is 5.17. The number of halogens is 1. The summed E-state index contributed by atoms with van der Waals surface area (Å²) in [5.74, 6) is -1.20. The minimum Gasteiger partial charge on any atom is -0.467 e. The van der Waals surface area contributed by atoms with Gasteiger partial charge < -0.3 is 15.2 Å². The molecule has 2 N–H and O–H groups in total. The number of benzene rings is 1. The van der Waals surface area contributed by atoms with Gasteiger partial charge >= 0.3 is 5.97 Å². The molecule has 17 heavy (non-hydrogen) atoms. The average molecular weight is 241 g/mol. The van der Waals surface area contributed by atoms with Crippen LogP contribution < -0.4 is 5.32 Å². The lowest BCUT2D eigenvalue weighted by Gasteiger charge is -2.21. The molecule has 0 heterocycles. The minimum absolute atomic E-state index is 0.125. The van der Waals surface area contributed by atoms with Crippen LogP contribution in [-0.4, -0.2) is 30.3 Å². The Labute approximate surface area is 99.4 Å². The van der Waals surface area contributed by atoms with E-state index in [1.807, 2.05) is 6.92 Å². The van der Waals surface area contributed by atoms with Crippen molar-refractivity contribution in [2.45, 2.75) is 19.4 Å². The number of aliphatic hydroxyl groups is 1. The van der Waals surface area contributed by atoms with Gasteiger partial charge in [0.05, 0.1) is 19.3 Å². The van der Waals surface area contributed by atoms with Gasteiger partial charge in [0.2, 0.25) is 0 Å². The fourth-order valence-electron chi connectivity index (χ4n) is 1.33. The van der Waals surface area contributed by atoms with E-state index in [1.165, 1.54) is 20.1 Å². The second-order valence-corrected chi connectivity index (χ2v) is 4.10. The lowest BCUT2D eigenvalue weighted by Crippen LogP contribution is -2.42. The second kappa shape index (κ2) is 5.14. The molecule has 0 saturated heterocycles. The maximum Gasteiger partial charge on any atom is 0.339 e. The van der Waals surface area contributed by atoms with Crippen molar-refractivity contribution in [3.8, 4) is 0 Å². The molecule has 0 fully saturated rings. The zero-order chi connectivity index (χ0) is 13.1. The van der Waals surface area contributed by atoms with Gasteiger partial charge in [-0.15, -0.1) is 0 Å². The minimum atomic E-state index is -1.69. The van der Waals surface area contributed by atoms with Gasteiger partial charge in [-0.1, -0.05) is 6.07 Å². The summed E-state index contributed by atoms with van der Waals surface area (Å²) in [6.45, 7) is 3.00. The van der Waals surface area contributed by atoms with Gasteiger partial charge in [0.15, 0.2) is 5.60 Å². The molecule has 0 aliphatic rings. The van der Waals surface area contributed by atoms with Crippen molar-refractivity contribution < 1.29 is 19.0 Å². The Morgan fingerprint density at radius 3 is 2.82 bits per heavy atom. The Balaban J connectivity index is 2.73. The summed E-state index contributed by atoms with van der Waals surface area (Å²) in [4.78, 5) is 11.2. The first kappa shape index (κ1) is 13.4. The van der Waals surface area contributed by atoms with Crippen molar-refractivity contribution in [1.29, 1.82) is 0 Å². The van der Waals surface area contributed by atoms with Crippen LogP contribution in [0, 0.1) is 12.7 Å². The van der Waals surface area contributed by atoms with Crippen molar-refractivity contribution in [2.24, 2.45) is 0 Å². The van der Waals surface area contributed by atoms with Crippen LogP contribution >= 0.6 is 0 Å². The highest BCUT2D eigenvalue weighted by Gasteiger charge is 2.31. The van der Waals surface area contributed by atoms with Crippen LogP contribution in [0.1, 0.15) is 12.5 Å². The smallest absolute Gasteiger partial charge is 0.339 e. The van der Waals surface area contributed by atoms with Crippen LogP contribution in [0.4, 0.5) is 10.1 Å². The summed E-state index contributed by atoms with van der Waals surface area (Å²) in [5, 5.41) is 12.4. The Bertz CT molecular complexity index is 418. The third-order valence-electron chi connectivity index (χ3n) is 2.37. The predicted molar refractivity (Wildman–Crippen MR) is 62.3 cm³/mol. The molecule has 0 aliphatic carbocycles. The van der Waals surface area contributed by atoms with E-state index in [-0.39, 0.29) is 12.2 Å². The molecule has 0 radical (unpaired) electrons. The van der Waals surface area contributed by atoms with Crippen molar-refractivity contribution in [3.05, 3.63) is 29.6 Å². The summed E-state index contributed by atoms with van der Waals surface area (Å²) < 4.78 is 17.8. The van der Waals surface area contributed by atoms with E-state index < -0.39 is 17.4 Å². The number of anilines is 1. The largest absolute Gasteiger partial charge is 0.467 e. The van der Waals surface area contributed by atoms with Gasteiger partial charge in [-0.05, 0) is 31.5 Å². The zero-order valence-corrected chi connectivity index (χ0v) is 10.1. The first-order chi connectivity index (χ1) is 7.86. The zero-order valence-electron chi connectivity index (χ0n) is 10.1. The van der Waals surface area contributed by atoms with Crippen molar-refractivity contribution in [2.75, 3.05) is 19.0 Å². The van der Waals surface area contributed by atoms with E-state index in [4.69, 9.17) is 0 Å². The summed E-state index contributed by atoms with van der Waals surface area (Å²) in [6, 6.07) is 4.56. The van der Waals surface area contributed by atoms with E-state index in [0.29, 0.717) is 0 Å². The van der Waals surface area contributed by atoms with Gasteiger partial charge in [0, 0.05) is 0 Å². The Morgan fingerprint density at radius 1 is 1.59 bits per heavy atom. The molecule has 0 aliphatic heterocycles. The third-order valence-corrected chi connectivity index (χ3v) is 2.37. The van der Waals surface area contributed by atoms with E-state index in [9.17, 15) is 14.3 Å². The molecule has 1 rings (SSSR count). The van der Waals surface area contributed by atoms with Gasteiger partial charge in [-0.2, -0.15) is 0 Å². The Kier molecular flexibility index (Phi) is 4.07. The maximum absolute atomic E-state index is 13.4. The fourth-order valence-corrected chi connectivity index (χ4v) is 1.33. The van der Waals surface area contributed by atoms with Crippen molar-refractivity contribution in [3.63, 3.8) is 0 Å². The monoisotopic (exact) mass is 241 g/mol. The van der Waals surface area contributed by atoms with Crippen LogP contribution in [-0.2, 0) is 9.53 Å².